The molecule has 1 saturated heterocycles. The van der Waals surface area contributed by atoms with Crippen molar-refractivity contribution in [3.05, 3.63) is 94.5 Å². The highest BCUT2D eigenvalue weighted by Crippen LogP contribution is 2.25. The quantitative estimate of drug-likeness (QED) is 0.451. The topological polar surface area (TPSA) is 86.8 Å². The van der Waals surface area contributed by atoms with Gasteiger partial charge in [-0.25, -0.2) is 8.42 Å². The lowest BCUT2D eigenvalue weighted by atomic mass is 10.1. The summed E-state index contributed by atoms with van der Waals surface area (Å²) in [6.07, 6.45) is 1.47. The van der Waals surface area contributed by atoms with Crippen molar-refractivity contribution in [2.75, 3.05) is 17.4 Å². The molecule has 0 spiro atoms. The first-order valence-corrected chi connectivity index (χ1v) is 13.5. The molecule has 0 aliphatic carbocycles. The van der Waals surface area contributed by atoms with Crippen LogP contribution in [0, 0.1) is 6.92 Å². The fourth-order valence-corrected chi connectivity index (χ4v) is 5.62. The van der Waals surface area contributed by atoms with Crippen molar-refractivity contribution < 1.29 is 18.0 Å². The maximum absolute atomic E-state index is 13.5. The molecule has 0 unspecified atom stereocenters. The lowest BCUT2D eigenvalue weighted by Crippen LogP contribution is -2.40. The van der Waals surface area contributed by atoms with Gasteiger partial charge in [0, 0.05) is 31.1 Å². The predicted molar refractivity (Wildman–Crippen MR) is 140 cm³/mol. The van der Waals surface area contributed by atoms with Crippen LogP contribution in [-0.4, -0.2) is 38.2 Å². The Morgan fingerprint density at radius 1 is 1.03 bits per heavy atom. The predicted octanol–water partition coefficient (Wildman–Crippen LogP) is 4.28. The third kappa shape index (κ3) is 6.25. The minimum atomic E-state index is -4.00. The fourth-order valence-electron chi connectivity index (χ4n) is 4.08. The van der Waals surface area contributed by atoms with Gasteiger partial charge >= 0.3 is 0 Å². The maximum atomic E-state index is 13.5. The molecule has 1 aliphatic heterocycles. The van der Waals surface area contributed by atoms with E-state index in [2.05, 4.69) is 5.32 Å². The molecule has 0 radical (unpaired) electrons. The van der Waals surface area contributed by atoms with E-state index in [-0.39, 0.29) is 23.9 Å². The van der Waals surface area contributed by atoms with Gasteiger partial charge in [-0.2, -0.15) is 0 Å². The Morgan fingerprint density at radius 3 is 2.39 bits per heavy atom. The second-order valence-corrected chi connectivity index (χ2v) is 11.1. The minimum Gasteiger partial charge on any atom is -0.350 e. The highest BCUT2D eigenvalue weighted by atomic mass is 35.5. The molecule has 0 bridgehead atoms. The van der Waals surface area contributed by atoms with Gasteiger partial charge in [-0.1, -0.05) is 53.6 Å². The number of nitrogens with zero attached hydrogens (tertiary/aromatic N) is 2. The van der Waals surface area contributed by atoms with Gasteiger partial charge in [-0.3, -0.25) is 13.9 Å². The molecule has 1 N–H and O–H groups in total. The maximum Gasteiger partial charge on any atom is 0.264 e. The zero-order chi connectivity index (χ0) is 25.7. The van der Waals surface area contributed by atoms with Crippen molar-refractivity contribution in [2.45, 2.75) is 37.8 Å². The zero-order valence-electron chi connectivity index (χ0n) is 20.0. The summed E-state index contributed by atoms with van der Waals surface area (Å²) in [5.41, 5.74) is 3.13. The third-order valence-electron chi connectivity index (χ3n) is 6.04. The second-order valence-electron chi connectivity index (χ2n) is 8.82. The summed E-state index contributed by atoms with van der Waals surface area (Å²) in [5, 5.41) is 3.29. The summed E-state index contributed by atoms with van der Waals surface area (Å²) in [4.78, 5) is 26.8. The summed E-state index contributed by atoms with van der Waals surface area (Å²) in [5.74, 6) is -0.286. The molecular weight excluding hydrogens is 498 g/mol. The van der Waals surface area contributed by atoms with E-state index < -0.39 is 15.9 Å². The standard InChI is InChI=1S/C27H28ClN3O4S/c1-20-7-13-25(14-8-20)36(34,35)31(24-11-9-23(28)10-12-24)19-26(32)29-17-21-4-2-5-22(16-21)18-30-15-3-6-27(30)33/h2,4-5,7-14,16H,3,6,15,17-19H2,1H3,(H,29,32). The van der Waals surface area contributed by atoms with Crippen LogP contribution < -0.4 is 9.62 Å². The highest BCUT2D eigenvalue weighted by Gasteiger charge is 2.27. The van der Waals surface area contributed by atoms with Crippen LogP contribution >= 0.6 is 11.6 Å². The van der Waals surface area contributed by atoms with Gasteiger partial charge in [0.25, 0.3) is 10.0 Å². The normalized spacial score (nSPS) is 13.6. The number of hydrogen-bond acceptors (Lipinski definition) is 4. The van der Waals surface area contributed by atoms with Crippen molar-refractivity contribution in [3.8, 4) is 0 Å². The van der Waals surface area contributed by atoms with Crippen LogP contribution in [0.5, 0.6) is 0 Å². The van der Waals surface area contributed by atoms with E-state index in [1.165, 1.54) is 12.1 Å². The number of halogens is 1. The van der Waals surface area contributed by atoms with Crippen LogP contribution in [0.1, 0.15) is 29.5 Å². The SMILES string of the molecule is Cc1ccc(S(=O)(=O)N(CC(=O)NCc2cccc(CN3CCCC3=O)c2)c2ccc(Cl)cc2)cc1. The number of carbonyl (C=O) groups is 2. The summed E-state index contributed by atoms with van der Waals surface area (Å²) in [7, 11) is -4.00. The monoisotopic (exact) mass is 525 g/mol. The molecule has 36 heavy (non-hydrogen) atoms. The number of nitrogens with one attached hydrogen (secondary N) is 1. The van der Waals surface area contributed by atoms with E-state index in [0.29, 0.717) is 23.7 Å². The third-order valence-corrected chi connectivity index (χ3v) is 8.08. The lowest BCUT2D eigenvalue weighted by Gasteiger charge is -2.24. The molecule has 1 heterocycles. The molecule has 188 valence electrons. The Bertz CT molecular complexity index is 1340. The highest BCUT2D eigenvalue weighted by molar-refractivity contribution is 7.92. The molecule has 1 aliphatic rings. The van der Waals surface area contributed by atoms with Gasteiger partial charge in [0.2, 0.25) is 11.8 Å². The molecule has 3 aromatic rings. The van der Waals surface area contributed by atoms with Crippen LogP contribution in [0.15, 0.2) is 77.7 Å². The first-order chi connectivity index (χ1) is 17.2. The molecule has 7 nitrogen and oxygen atoms in total. The van der Waals surface area contributed by atoms with Gasteiger partial charge in [0.05, 0.1) is 10.6 Å². The first kappa shape index (κ1) is 25.7. The number of sulfonamides is 1. The van der Waals surface area contributed by atoms with Crippen molar-refractivity contribution in [1.29, 1.82) is 0 Å². The van der Waals surface area contributed by atoms with Gasteiger partial charge in [-0.05, 0) is 60.9 Å². The number of aryl methyl sites for hydroxylation is 1. The van der Waals surface area contributed by atoms with E-state index in [4.69, 9.17) is 11.6 Å². The molecule has 2 amide bonds. The number of benzene rings is 3. The van der Waals surface area contributed by atoms with E-state index in [0.717, 1.165) is 34.0 Å². The van der Waals surface area contributed by atoms with E-state index >= 15 is 0 Å². The Kier molecular flexibility index (Phi) is 7.96. The Hall–Kier alpha value is -3.36. The summed E-state index contributed by atoms with van der Waals surface area (Å²) < 4.78 is 28.0. The number of anilines is 1. The Balaban J connectivity index is 1.47. The minimum absolute atomic E-state index is 0.0972. The fraction of sp³-hybridized carbons (Fsp3) is 0.259. The van der Waals surface area contributed by atoms with Crippen molar-refractivity contribution in [3.63, 3.8) is 0 Å². The number of amides is 2. The van der Waals surface area contributed by atoms with Crippen LogP contribution in [0.4, 0.5) is 5.69 Å². The number of hydrogen-bond donors (Lipinski definition) is 1. The number of carbonyl (C=O) groups excluding carboxylic acids is 2. The number of rotatable bonds is 9. The Morgan fingerprint density at radius 2 is 1.72 bits per heavy atom. The van der Waals surface area contributed by atoms with Crippen LogP contribution in [-0.2, 0) is 32.7 Å². The molecule has 1 fully saturated rings. The van der Waals surface area contributed by atoms with Crippen molar-refractivity contribution >= 4 is 39.1 Å². The van der Waals surface area contributed by atoms with Crippen LogP contribution in [0.3, 0.4) is 0 Å². The van der Waals surface area contributed by atoms with Crippen LogP contribution in [0.2, 0.25) is 5.02 Å². The molecule has 0 atom stereocenters. The first-order valence-electron chi connectivity index (χ1n) is 11.7. The average Bonchev–Trinajstić information content (AvgIpc) is 3.26. The van der Waals surface area contributed by atoms with Gasteiger partial charge < -0.3 is 10.2 Å². The smallest absolute Gasteiger partial charge is 0.264 e. The second kappa shape index (κ2) is 11.1. The van der Waals surface area contributed by atoms with Gasteiger partial charge in [0.15, 0.2) is 0 Å². The molecule has 4 rings (SSSR count). The summed E-state index contributed by atoms with van der Waals surface area (Å²) in [6, 6.07) is 20.5. The molecular formula is C27H28ClN3O4S. The number of likely N-dealkylation sites (tertiary alicyclic amines) is 1. The van der Waals surface area contributed by atoms with Crippen molar-refractivity contribution in [1.82, 2.24) is 10.2 Å². The zero-order valence-corrected chi connectivity index (χ0v) is 21.6. The van der Waals surface area contributed by atoms with Gasteiger partial charge in [0.1, 0.15) is 6.54 Å². The van der Waals surface area contributed by atoms with E-state index in [9.17, 15) is 18.0 Å². The Labute approximate surface area is 216 Å². The molecule has 0 aromatic heterocycles. The largest absolute Gasteiger partial charge is 0.350 e. The molecule has 3 aromatic carbocycles. The molecule has 0 saturated carbocycles. The molecule has 9 heteroatoms. The average molecular weight is 526 g/mol. The van der Waals surface area contributed by atoms with Crippen LogP contribution in [0.25, 0.3) is 0 Å². The summed E-state index contributed by atoms with van der Waals surface area (Å²) in [6.45, 7) is 3.02. The summed E-state index contributed by atoms with van der Waals surface area (Å²) >= 11 is 5.99. The van der Waals surface area contributed by atoms with E-state index in [1.54, 1.807) is 36.4 Å². The van der Waals surface area contributed by atoms with E-state index in [1.807, 2.05) is 36.1 Å². The lowest BCUT2D eigenvalue weighted by molar-refractivity contribution is -0.128. The van der Waals surface area contributed by atoms with Crippen molar-refractivity contribution in [2.24, 2.45) is 0 Å². The van der Waals surface area contributed by atoms with Gasteiger partial charge in [-0.15, -0.1) is 0 Å².